The molecule has 0 atom stereocenters. The number of benzene rings is 2. The fourth-order valence-electron chi connectivity index (χ4n) is 2.88. The molecule has 0 saturated carbocycles. The Labute approximate surface area is 169 Å². The monoisotopic (exact) mass is 440 g/mol. The number of carbonyl (C=O) groups is 1. The van der Waals surface area contributed by atoms with Crippen LogP contribution < -0.4 is 18.5 Å². The van der Waals surface area contributed by atoms with Crippen LogP contribution in [0.5, 0.6) is 11.5 Å². The Morgan fingerprint density at radius 3 is 2.24 bits per heavy atom. The van der Waals surface area contributed by atoms with Crippen LogP contribution in [0.15, 0.2) is 47.4 Å². The number of ether oxygens (including phenoxy) is 2. The van der Waals surface area contributed by atoms with E-state index in [0.717, 1.165) is 0 Å². The Kier molecular flexibility index (Phi) is 5.82. The molecule has 0 unspecified atom stereocenters. The minimum atomic E-state index is -3.85. The van der Waals surface area contributed by atoms with E-state index in [-0.39, 0.29) is 29.3 Å². The SMILES string of the molecule is COc1ccc(CNS(=O)(=O)c2ccc(N3C(=O)CCS3(=O)=O)cc2)cc1OC. The van der Waals surface area contributed by atoms with Gasteiger partial charge in [-0.2, -0.15) is 0 Å². The van der Waals surface area contributed by atoms with Crippen molar-refractivity contribution in [2.24, 2.45) is 0 Å². The topological polar surface area (TPSA) is 119 Å². The highest BCUT2D eigenvalue weighted by atomic mass is 32.2. The average Bonchev–Trinajstić information content (AvgIpc) is 2.98. The van der Waals surface area contributed by atoms with Crippen LogP contribution in [0.1, 0.15) is 12.0 Å². The lowest BCUT2D eigenvalue weighted by molar-refractivity contribution is -0.116. The van der Waals surface area contributed by atoms with Gasteiger partial charge in [-0.1, -0.05) is 6.07 Å². The fourth-order valence-corrected chi connectivity index (χ4v) is 5.36. The Morgan fingerprint density at radius 2 is 1.69 bits per heavy atom. The molecule has 1 saturated heterocycles. The third-order valence-corrected chi connectivity index (χ3v) is 7.48. The Bertz CT molecular complexity index is 1130. The predicted octanol–water partition coefficient (Wildman–Crippen LogP) is 1.25. The smallest absolute Gasteiger partial charge is 0.242 e. The molecule has 1 N–H and O–H groups in total. The van der Waals surface area contributed by atoms with Crippen molar-refractivity contribution in [1.29, 1.82) is 0 Å². The second-order valence-electron chi connectivity index (χ2n) is 6.23. The summed E-state index contributed by atoms with van der Waals surface area (Å²) < 4.78 is 62.5. The van der Waals surface area contributed by atoms with Crippen LogP contribution in [-0.4, -0.2) is 42.7 Å². The molecule has 0 bridgehead atoms. The first-order valence-electron chi connectivity index (χ1n) is 8.54. The Balaban J connectivity index is 1.76. The van der Waals surface area contributed by atoms with E-state index in [4.69, 9.17) is 9.47 Å². The van der Waals surface area contributed by atoms with Gasteiger partial charge in [-0.15, -0.1) is 0 Å². The minimum absolute atomic E-state index is 0.0173. The first-order valence-corrected chi connectivity index (χ1v) is 11.6. The number of methoxy groups -OCH3 is 2. The standard InChI is InChI=1S/C18H20N2O7S2/c1-26-16-8-3-13(11-17(16)27-2)12-19-29(24,25)15-6-4-14(5-7-15)20-18(21)9-10-28(20,22)23/h3-8,11,19H,9-10,12H2,1-2H3. The minimum Gasteiger partial charge on any atom is -0.493 e. The third-order valence-electron chi connectivity index (χ3n) is 4.37. The summed E-state index contributed by atoms with van der Waals surface area (Å²) in [7, 11) is -4.56. The van der Waals surface area contributed by atoms with E-state index in [1.165, 1.54) is 38.5 Å². The molecule has 2 aromatic rings. The van der Waals surface area contributed by atoms with Crippen molar-refractivity contribution in [2.45, 2.75) is 17.9 Å². The Morgan fingerprint density at radius 1 is 1.03 bits per heavy atom. The van der Waals surface area contributed by atoms with Crippen molar-refractivity contribution in [3.8, 4) is 11.5 Å². The lowest BCUT2D eigenvalue weighted by Gasteiger charge is -2.15. The maximum absolute atomic E-state index is 12.5. The molecule has 9 nitrogen and oxygen atoms in total. The molecule has 0 spiro atoms. The molecular formula is C18H20N2O7S2. The zero-order valence-corrected chi connectivity index (χ0v) is 17.4. The zero-order valence-electron chi connectivity index (χ0n) is 15.8. The van der Waals surface area contributed by atoms with Crippen molar-refractivity contribution < 1.29 is 31.1 Å². The molecule has 11 heteroatoms. The number of anilines is 1. The van der Waals surface area contributed by atoms with Crippen LogP contribution in [0.2, 0.25) is 0 Å². The van der Waals surface area contributed by atoms with E-state index in [0.29, 0.717) is 21.4 Å². The number of nitrogens with zero attached hydrogens (tertiary/aromatic N) is 1. The van der Waals surface area contributed by atoms with Crippen LogP contribution in [0.3, 0.4) is 0 Å². The number of amides is 1. The van der Waals surface area contributed by atoms with Gasteiger partial charge in [-0.05, 0) is 42.0 Å². The summed E-state index contributed by atoms with van der Waals surface area (Å²) in [5.74, 6) is 0.219. The van der Waals surface area contributed by atoms with Gasteiger partial charge in [0.15, 0.2) is 11.5 Å². The summed E-state index contributed by atoms with van der Waals surface area (Å²) in [4.78, 5) is 11.8. The highest BCUT2D eigenvalue weighted by Gasteiger charge is 2.36. The van der Waals surface area contributed by atoms with Gasteiger partial charge < -0.3 is 9.47 Å². The second kappa shape index (κ2) is 8.01. The molecule has 1 aliphatic rings. The van der Waals surface area contributed by atoms with E-state index < -0.39 is 26.0 Å². The molecule has 2 aromatic carbocycles. The van der Waals surface area contributed by atoms with Gasteiger partial charge in [0.05, 0.1) is 30.6 Å². The maximum atomic E-state index is 12.5. The Hall–Kier alpha value is -2.63. The van der Waals surface area contributed by atoms with Gasteiger partial charge in [-0.25, -0.2) is 25.9 Å². The number of sulfonamides is 2. The summed E-state index contributed by atoms with van der Waals surface area (Å²) in [5.41, 5.74) is 0.781. The van der Waals surface area contributed by atoms with Crippen molar-refractivity contribution in [3.63, 3.8) is 0 Å². The van der Waals surface area contributed by atoms with Crippen LogP contribution in [-0.2, 0) is 31.4 Å². The van der Waals surface area contributed by atoms with Crippen LogP contribution in [0, 0.1) is 0 Å². The fraction of sp³-hybridized carbons (Fsp3) is 0.278. The average molecular weight is 440 g/mol. The lowest BCUT2D eigenvalue weighted by Crippen LogP contribution is -2.29. The normalized spacial score (nSPS) is 16.1. The van der Waals surface area contributed by atoms with Gasteiger partial charge in [0.1, 0.15) is 0 Å². The number of hydrogen-bond donors (Lipinski definition) is 1. The van der Waals surface area contributed by atoms with Gasteiger partial charge >= 0.3 is 0 Å². The third kappa shape index (κ3) is 4.36. The summed E-state index contributed by atoms with van der Waals surface area (Å²) in [5, 5.41) is 0. The van der Waals surface area contributed by atoms with Gasteiger partial charge in [0.2, 0.25) is 26.0 Å². The molecule has 29 heavy (non-hydrogen) atoms. The zero-order chi connectivity index (χ0) is 21.2. The predicted molar refractivity (Wildman–Crippen MR) is 106 cm³/mol. The van der Waals surface area contributed by atoms with E-state index >= 15 is 0 Å². The lowest BCUT2D eigenvalue weighted by atomic mass is 10.2. The number of rotatable bonds is 7. The van der Waals surface area contributed by atoms with E-state index in [1.807, 2.05) is 0 Å². The van der Waals surface area contributed by atoms with Gasteiger partial charge in [0.25, 0.3) is 0 Å². The van der Waals surface area contributed by atoms with E-state index in [1.54, 1.807) is 18.2 Å². The van der Waals surface area contributed by atoms with Crippen LogP contribution >= 0.6 is 0 Å². The molecule has 0 radical (unpaired) electrons. The van der Waals surface area contributed by atoms with E-state index in [2.05, 4.69) is 4.72 Å². The molecule has 1 aliphatic heterocycles. The highest BCUT2D eigenvalue weighted by Crippen LogP contribution is 2.28. The number of hydrogen-bond acceptors (Lipinski definition) is 7. The first kappa shape index (κ1) is 21.1. The molecular weight excluding hydrogens is 420 g/mol. The van der Waals surface area contributed by atoms with Gasteiger partial charge in [0, 0.05) is 13.0 Å². The molecule has 156 valence electrons. The largest absolute Gasteiger partial charge is 0.493 e. The summed E-state index contributed by atoms with van der Waals surface area (Å²) in [6.45, 7) is 0.0173. The van der Waals surface area contributed by atoms with E-state index in [9.17, 15) is 21.6 Å². The highest BCUT2D eigenvalue weighted by molar-refractivity contribution is 7.94. The van der Waals surface area contributed by atoms with Crippen molar-refractivity contribution in [2.75, 3.05) is 24.3 Å². The van der Waals surface area contributed by atoms with Crippen molar-refractivity contribution >= 4 is 31.6 Å². The maximum Gasteiger partial charge on any atom is 0.242 e. The molecule has 1 amide bonds. The molecule has 3 rings (SSSR count). The summed E-state index contributed by atoms with van der Waals surface area (Å²) in [6, 6.07) is 10.1. The molecule has 0 aliphatic carbocycles. The number of nitrogens with one attached hydrogen (secondary N) is 1. The van der Waals surface area contributed by atoms with Crippen molar-refractivity contribution in [1.82, 2.24) is 4.72 Å². The molecule has 1 heterocycles. The first-order chi connectivity index (χ1) is 13.7. The van der Waals surface area contributed by atoms with Crippen LogP contribution in [0.4, 0.5) is 5.69 Å². The quantitative estimate of drug-likeness (QED) is 0.688. The van der Waals surface area contributed by atoms with Crippen molar-refractivity contribution in [3.05, 3.63) is 48.0 Å². The van der Waals surface area contributed by atoms with Gasteiger partial charge in [-0.3, -0.25) is 4.79 Å². The summed E-state index contributed by atoms with van der Waals surface area (Å²) >= 11 is 0. The van der Waals surface area contributed by atoms with Crippen LogP contribution in [0.25, 0.3) is 0 Å². The molecule has 0 aromatic heterocycles. The summed E-state index contributed by atoms with van der Waals surface area (Å²) in [6.07, 6.45) is -0.0880. The second-order valence-corrected chi connectivity index (χ2v) is 9.94. The number of carbonyl (C=O) groups excluding carboxylic acids is 1. The molecule has 1 fully saturated rings.